The first-order chi connectivity index (χ1) is 11.9. The van der Waals surface area contributed by atoms with Crippen LogP contribution < -0.4 is 5.32 Å². The summed E-state index contributed by atoms with van der Waals surface area (Å²) in [6.45, 7) is 7.83. The molecule has 0 atom stereocenters. The van der Waals surface area contributed by atoms with E-state index in [0.29, 0.717) is 44.9 Å². The Hall–Kier alpha value is -1.95. The number of hydrogen-bond donors (Lipinski definition) is 1. The maximum atomic E-state index is 12.8. The molecular weight excluding hydrogens is 321 g/mol. The molecule has 1 aliphatic heterocycles. The minimum Gasteiger partial charge on any atom is -0.355 e. The van der Waals surface area contributed by atoms with Gasteiger partial charge in [-0.25, -0.2) is 4.39 Å². The molecule has 0 unspecified atom stereocenters. The van der Waals surface area contributed by atoms with Crippen LogP contribution in [0.5, 0.6) is 0 Å². The fourth-order valence-electron chi connectivity index (χ4n) is 2.89. The predicted octanol–water partition coefficient (Wildman–Crippen LogP) is 1.67. The van der Waals surface area contributed by atoms with Crippen molar-refractivity contribution in [3.8, 4) is 0 Å². The van der Waals surface area contributed by atoms with Crippen LogP contribution in [0.15, 0.2) is 24.3 Å². The van der Waals surface area contributed by atoms with Crippen LogP contribution >= 0.6 is 0 Å². The number of carbonyl (C=O) groups is 2. The summed E-state index contributed by atoms with van der Waals surface area (Å²) in [5.74, 6) is 0.318. The molecule has 0 aliphatic carbocycles. The summed E-state index contributed by atoms with van der Waals surface area (Å²) >= 11 is 0. The molecule has 0 radical (unpaired) electrons. The lowest BCUT2D eigenvalue weighted by Gasteiger charge is -2.34. The largest absolute Gasteiger partial charge is 0.355 e. The number of nitrogens with one attached hydrogen (secondary N) is 1. The average Bonchev–Trinajstić information content (AvgIpc) is 2.56. The van der Waals surface area contributed by atoms with Crippen molar-refractivity contribution in [2.24, 2.45) is 5.92 Å². The minimum absolute atomic E-state index is 0.0101. The molecule has 1 aromatic rings. The van der Waals surface area contributed by atoms with Crippen molar-refractivity contribution in [2.75, 3.05) is 39.3 Å². The van der Waals surface area contributed by atoms with Gasteiger partial charge in [-0.15, -0.1) is 0 Å². The van der Waals surface area contributed by atoms with Crippen molar-refractivity contribution in [1.29, 1.82) is 0 Å². The van der Waals surface area contributed by atoms with Gasteiger partial charge in [-0.3, -0.25) is 14.5 Å². The fourth-order valence-corrected chi connectivity index (χ4v) is 2.89. The van der Waals surface area contributed by atoms with Gasteiger partial charge in [-0.1, -0.05) is 26.0 Å². The molecule has 1 N–H and O–H groups in total. The lowest BCUT2D eigenvalue weighted by atomic mass is 10.1. The number of carbonyl (C=O) groups excluding carboxylic acids is 2. The number of rotatable bonds is 7. The Kier molecular flexibility index (Phi) is 7.37. The molecule has 0 spiro atoms. The van der Waals surface area contributed by atoms with Crippen molar-refractivity contribution < 1.29 is 14.0 Å². The monoisotopic (exact) mass is 349 g/mol. The van der Waals surface area contributed by atoms with Crippen LogP contribution in [0.3, 0.4) is 0 Å². The van der Waals surface area contributed by atoms with E-state index in [1.165, 1.54) is 12.1 Å². The third-order valence-electron chi connectivity index (χ3n) is 4.32. The zero-order valence-corrected chi connectivity index (χ0v) is 15.1. The molecule has 5 nitrogen and oxygen atoms in total. The minimum atomic E-state index is -0.251. The normalized spacial score (nSPS) is 15.4. The Balaban J connectivity index is 1.63. The molecule has 2 rings (SSSR count). The predicted molar refractivity (Wildman–Crippen MR) is 95.6 cm³/mol. The van der Waals surface area contributed by atoms with Crippen LogP contribution in [0.2, 0.25) is 0 Å². The molecule has 2 amide bonds. The van der Waals surface area contributed by atoms with Gasteiger partial charge in [-0.2, -0.15) is 0 Å². The van der Waals surface area contributed by atoms with E-state index in [9.17, 15) is 14.0 Å². The van der Waals surface area contributed by atoms with Gasteiger partial charge in [0.2, 0.25) is 11.8 Å². The first kappa shape index (κ1) is 19.4. The second-order valence-corrected chi connectivity index (χ2v) is 6.98. The molecular formula is C19H28FN3O2. The number of hydrogen-bond acceptors (Lipinski definition) is 3. The van der Waals surface area contributed by atoms with Crippen molar-refractivity contribution in [1.82, 2.24) is 15.1 Å². The smallest absolute Gasteiger partial charge is 0.234 e. The first-order valence-corrected chi connectivity index (χ1v) is 8.95. The Morgan fingerprint density at radius 3 is 2.36 bits per heavy atom. The average molecular weight is 349 g/mol. The van der Waals surface area contributed by atoms with Crippen LogP contribution in [-0.2, 0) is 16.0 Å². The highest BCUT2D eigenvalue weighted by molar-refractivity contribution is 5.78. The standard InChI is InChI=1S/C19H28FN3O2/c1-15(2)13-19(25)23-11-9-22(10-12-23)14-18(24)21-8-7-16-3-5-17(20)6-4-16/h3-6,15H,7-14H2,1-2H3,(H,21,24). The SMILES string of the molecule is CC(C)CC(=O)N1CCN(CC(=O)NCCc2ccc(F)cc2)CC1. The molecule has 138 valence electrons. The van der Waals surface area contributed by atoms with E-state index in [2.05, 4.69) is 10.2 Å². The Bertz CT molecular complexity index is 567. The highest BCUT2D eigenvalue weighted by Gasteiger charge is 2.22. The molecule has 6 heteroatoms. The summed E-state index contributed by atoms with van der Waals surface area (Å²) in [5, 5.41) is 2.90. The van der Waals surface area contributed by atoms with Crippen molar-refractivity contribution in [2.45, 2.75) is 26.7 Å². The van der Waals surface area contributed by atoms with Crippen molar-refractivity contribution in [3.63, 3.8) is 0 Å². The zero-order chi connectivity index (χ0) is 18.2. The highest BCUT2D eigenvalue weighted by atomic mass is 19.1. The zero-order valence-electron chi connectivity index (χ0n) is 15.1. The van der Waals surface area contributed by atoms with Crippen molar-refractivity contribution >= 4 is 11.8 Å². The van der Waals surface area contributed by atoms with Gasteiger partial charge in [-0.05, 0) is 30.0 Å². The van der Waals surface area contributed by atoms with Crippen molar-refractivity contribution in [3.05, 3.63) is 35.6 Å². The van der Waals surface area contributed by atoms with E-state index >= 15 is 0 Å². The quantitative estimate of drug-likeness (QED) is 0.815. The van der Waals surface area contributed by atoms with E-state index < -0.39 is 0 Å². The van der Waals surface area contributed by atoms with E-state index in [-0.39, 0.29) is 17.6 Å². The van der Waals surface area contributed by atoms with Crippen LogP contribution in [0.1, 0.15) is 25.8 Å². The van der Waals surface area contributed by atoms with E-state index in [4.69, 9.17) is 0 Å². The molecule has 1 aliphatic rings. The maximum absolute atomic E-state index is 12.8. The number of amides is 2. The van der Waals surface area contributed by atoms with Gasteiger partial charge >= 0.3 is 0 Å². The van der Waals surface area contributed by atoms with Gasteiger partial charge in [0.05, 0.1) is 6.54 Å². The molecule has 25 heavy (non-hydrogen) atoms. The molecule has 0 aromatic heterocycles. The van der Waals surface area contributed by atoms with Gasteiger partial charge in [0.15, 0.2) is 0 Å². The Labute approximate surface area is 149 Å². The molecule has 1 heterocycles. The molecule has 0 bridgehead atoms. The second kappa shape index (κ2) is 9.51. The summed E-state index contributed by atoms with van der Waals surface area (Å²) in [6, 6.07) is 6.32. The Morgan fingerprint density at radius 2 is 1.76 bits per heavy atom. The summed E-state index contributed by atoms with van der Waals surface area (Å²) < 4.78 is 12.8. The lowest BCUT2D eigenvalue weighted by Crippen LogP contribution is -2.51. The van der Waals surface area contributed by atoms with Crippen LogP contribution in [-0.4, -0.2) is 60.9 Å². The van der Waals surface area contributed by atoms with E-state index in [1.807, 2.05) is 18.7 Å². The van der Waals surface area contributed by atoms with Crippen LogP contribution in [0.25, 0.3) is 0 Å². The van der Waals surface area contributed by atoms with Gasteiger partial charge in [0.25, 0.3) is 0 Å². The fraction of sp³-hybridized carbons (Fsp3) is 0.579. The number of benzene rings is 1. The molecule has 0 saturated carbocycles. The summed E-state index contributed by atoms with van der Waals surface area (Å²) in [6.07, 6.45) is 1.27. The summed E-state index contributed by atoms with van der Waals surface area (Å²) in [5.41, 5.74) is 0.999. The Morgan fingerprint density at radius 1 is 1.12 bits per heavy atom. The van der Waals surface area contributed by atoms with Gasteiger partial charge in [0, 0.05) is 39.1 Å². The van der Waals surface area contributed by atoms with Gasteiger partial charge in [0.1, 0.15) is 5.82 Å². The van der Waals surface area contributed by atoms with E-state index in [1.54, 1.807) is 12.1 Å². The van der Waals surface area contributed by atoms with Crippen LogP contribution in [0.4, 0.5) is 4.39 Å². The third-order valence-corrected chi connectivity index (χ3v) is 4.32. The third kappa shape index (κ3) is 6.82. The number of halogens is 1. The summed E-state index contributed by atoms with van der Waals surface area (Å²) in [4.78, 5) is 28.0. The lowest BCUT2D eigenvalue weighted by molar-refractivity contribution is -0.134. The van der Waals surface area contributed by atoms with Gasteiger partial charge < -0.3 is 10.2 Å². The number of piperazine rings is 1. The molecule has 1 fully saturated rings. The van der Waals surface area contributed by atoms with Crippen LogP contribution in [0, 0.1) is 11.7 Å². The summed E-state index contributed by atoms with van der Waals surface area (Å²) in [7, 11) is 0. The van der Waals surface area contributed by atoms with E-state index in [0.717, 1.165) is 18.7 Å². The molecule has 1 aromatic carbocycles. The number of nitrogens with zero attached hydrogens (tertiary/aromatic N) is 2. The second-order valence-electron chi connectivity index (χ2n) is 6.98. The first-order valence-electron chi connectivity index (χ1n) is 8.95. The topological polar surface area (TPSA) is 52.7 Å². The molecule has 1 saturated heterocycles. The maximum Gasteiger partial charge on any atom is 0.234 e. The highest BCUT2D eigenvalue weighted by Crippen LogP contribution is 2.08.